The summed E-state index contributed by atoms with van der Waals surface area (Å²) in [6.07, 6.45) is 2.80. The maximum Gasteiger partial charge on any atom is 0.241 e. The lowest BCUT2D eigenvalue weighted by Crippen LogP contribution is -2.49. The van der Waals surface area contributed by atoms with Crippen LogP contribution in [0.5, 0.6) is 5.75 Å². The minimum absolute atomic E-state index is 0.137. The van der Waals surface area contributed by atoms with Gasteiger partial charge in [0.05, 0.1) is 28.9 Å². The number of nitrogens with zero attached hydrogens (tertiary/aromatic N) is 2. The van der Waals surface area contributed by atoms with Gasteiger partial charge in [-0.05, 0) is 75.6 Å². The highest BCUT2D eigenvalue weighted by atomic mass is 16.3. The maximum absolute atomic E-state index is 14.6. The molecule has 7 heteroatoms. The molecule has 0 aromatic heterocycles. The monoisotopic (exact) mass is 562 g/mol. The molecular formula is C35H34N2O5. The van der Waals surface area contributed by atoms with Crippen LogP contribution >= 0.6 is 0 Å². The molecule has 4 amide bonds. The highest BCUT2D eigenvalue weighted by Crippen LogP contribution is 2.64. The summed E-state index contributed by atoms with van der Waals surface area (Å²) in [6, 6.07) is 20.0. The van der Waals surface area contributed by atoms with E-state index >= 15 is 0 Å². The summed E-state index contributed by atoms with van der Waals surface area (Å²) in [4.78, 5) is 59.2. The van der Waals surface area contributed by atoms with Crippen molar-refractivity contribution in [1.29, 1.82) is 0 Å². The third-order valence-corrected chi connectivity index (χ3v) is 10.2. The number of amides is 4. The predicted octanol–water partition coefficient (Wildman–Crippen LogP) is 5.57. The molecule has 42 heavy (non-hydrogen) atoms. The fraction of sp³-hybridized carbons (Fsp3) is 0.371. The van der Waals surface area contributed by atoms with Crippen LogP contribution in [0.15, 0.2) is 78.4 Å². The van der Waals surface area contributed by atoms with Gasteiger partial charge >= 0.3 is 0 Å². The lowest BCUT2D eigenvalue weighted by Gasteiger charge is -2.49. The number of fused-ring (bicyclic) bond motifs is 5. The molecular weight excluding hydrogens is 528 g/mol. The Morgan fingerprint density at radius 2 is 1.48 bits per heavy atom. The quantitative estimate of drug-likeness (QED) is 0.325. The predicted molar refractivity (Wildman–Crippen MR) is 158 cm³/mol. The van der Waals surface area contributed by atoms with E-state index in [-0.39, 0.29) is 35.3 Å². The Bertz CT molecular complexity index is 1720. The molecule has 2 aliphatic carbocycles. The van der Waals surface area contributed by atoms with E-state index < -0.39 is 34.6 Å². The van der Waals surface area contributed by atoms with Crippen molar-refractivity contribution in [2.45, 2.75) is 52.0 Å². The summed E-state index contributed by atoms with van der Waals surface area (Å²) in [6.45, 7) is 7.50. The van der Waals surface area contributed by atoms with Crippen LogP contribution in [-0.2, 0) is 19.2 Å². The molecule has 0 radical (unpaired) electrons. The van der Waals surface area contributed by atoms with Crippen molar-refractivity contribution in [3.63, 3.8) is 0 Å². The molecule has 1 saturated carbocycles. The fourth-order valence-corrected chi connectivity index (χ4v) is 8.40. The van der Waals surface area contributed by atoms with Gasteiger partial charge in [-0.3, -0.25) is 24.1 Å². The molecule has 2 aliphatic heterocycles. The zero-order valence-corrected chi connectivity index (χ0v) is 24.2. The first-order chi connectivity index (χ1) is 20.0. The summed E-state index contributed by atoms with van der Waals surface area (Å²) in [5.41, 5.74) is 0.518. The molecule has 3 aromatic carbocycles. The number of para-hydroxylation sites is 1. The lowest BCUT2D eigenvalue weighted by atomic mass is 9.51. The zero-order chi connectivity index (χ0) is 29.7. The summed E-state index contributed by atoms with van der Waals surface area (Å²) in [5.74, 6) is -3.39. The van der Waals surface area contributed by atoms with E-state index in [1.165, 1.54) is 9.80 Å². The van der Waals surface area contributed by atoms with E-state index in [1.807, 2.05) is 76.2 Å². The number of benzene rings is 3. The topological polar surface area (TPSA) is 95.0 Å². The molecule has 3 fully saturated rings. The second kappa shape index (κ2) is 8.87. The molecule has 6 atom stereocenters. The maximum atomic E-state index is 14.6. The van der Waals surface area contributed by atoms with Gasteiger partial charge in [0.25, 0.3) is 0 Å². The number of rotatable bonds is 2. The van der Waals surface area contributed by atoms with Gasteiger partial charge < -0.3 is 5.11 Å². The van der Waals surface area contributed by atoms with E-state index in [2.05, 4.69) is 6.08 Å². The number of phenols is 1. The van der Waals surface area contributed by atoms with Gasteiger partial charge in [-0.25, -0.2) is 4.90 Å². The molecule has 3 aromatic rings. The van der Waals surface area contributed by atoms with Gasteiger partial charge in [0, 0.05) is 16.8 Å². The van der Waals surface area contributed by atoms with Crippen molar-refractivity contribution < 1.29 is 24.3 Å². The molecule has 0 bridgehead atoms. The number of imide groups is 2. The number of phenolic OH excluding ortho intramolecular Hbond substituents is 1. The van der Waals surface area contributed by atoms with Crippen molar-refractivity contribution in [2.75, 3.05) is 4.90 Å². The van der Waals surface area contributed by atoms with E-state index in [0.29, 0.717) is 23.9 Å². The number of likely N-dealkylation sites (tertiary alicyclic amines) is 1. The van der Waals surface area contributed by atoms with Crippen LogP contribution in [-0.4, -0.2) is 39.2 Å². The van der Waals surface area contributed by atoms with Gasteiger partial charge in [0.2, 0.25) is 23.6 Å². The molecule has 1 N–H and O–H groups in total. The Balaban J connectivity index is 1.45. The molecule has 214 valence electrons. The van der Waals surface area contributed by atoms with Crippen molar-refractivity contribution in [3.05, 3.63) is 83.9 Å². The third-order valence-electron chi connectivity index (χ3n) is 10.2. The van der Waals surface area contributed by atoms with Crippen LogP contribution in [0, 0.1) is 29.1 Å². The summed E-state index contributed by atoms with van der Waals surface area (Å²) in [7, 11) is 0. The summed E-state index contributed by atoms with van der Waals surface area (Å²) >= 11 is 0. The third kappa shape index (κ3) is 3.39. The minimum atomic E-state index is -1.13. The number of hydrogen-bond acceptors (Lipinski definition) is 5. The summed E-state index contributed by atoms with van der Waals surface area (Å²) < 4.78 is 0. The first-order valence-corrected chi connectivity index (χ1v) is 14.7. The smallest absolute Gasteiger partial charge is 0.241 e. The van der Waals surface area contributed by atoms with Crippen LogP contribution < -0.4 is 4.90 Å². The SMILES string of the molecule is CC12C(=O)N(c3ccccc3)C(=O)C1CC1C(=CCC3C(=O)N(C(C)(C)C)C(=O)C31)C2c1ccc(O)c2ccccc12. The van der Waals surface area contributed by atoms with Gasteiger partial charge in [-0.15, -0.1) is 0 Å². The van der Waals surface area contributed by atoms with Crippen LogP contribution in [0.2, 0.25) is 0 Å². The molecule has 7 rings (SSSR count). The van der Waals surface area contributed by atoms with E-state index in [4.69, 9.17) is 0 Å². The van der Waals surface area contributed by atoms with Crippen LogP contribution in [0.1, 0.15) is 52.0 Å². The van der Waals surface area contributed by atoms with E-state index in [1.54, 1.807) is 18.2 Å². The Kier molecular flexibility index (Phi) is 5.62. The molecule has 6 unspecified atom stereocenters. The number of anilines is 1. The Morgan fingerprint density at radius 1 is 0.810 bits per heavy atom. The van der Waals surface area contributed by atoms with Crippen molar-refractivity contribution in [1.82, 2.24) is 4.90 Å². The molecule has 2 saturated heterocycles. The van der Waals surface area contributed by atoms with Gasteiger partial charge in [-0.1, -0.05) is 60.2 Å². The largest absolute Gasteiger partial charge is 0.507 e. The van der Waals surface area contributed by atoms with Gasteiger partial charge in [0.15, 0.2) is 0 Å². The van der Waals surface area contributed by atoms with Crippen molar-refractivity contribution >= 4 is 40.1 Å². The average Bonchev–Trinajstić information content (AvgIpc) is 3.34. The average molecular weight is 563 g/mol. The molecule has 2 heterocycles. The standard InChI is InChI=1S/C35H34N2O5/c1-34(2,3)37-30(39)24-15-14-23-25(28(24)32(37)41)18-26-31(40)36(19-10-6-5-7-11-19)33(42)35(26,4)29(23)22-16-17-27(38)21-13-9-8-12-20(21)22/h5-14,16-17,24-26,28-29,38H,15,18H2,1-4H3. The van der Waals surface area contributed by atoms with Gasteiger partial charge in [0.1, 0.15) is 5.75 Å². The Hall–Kier alpha value is -4.26. The number of hydrogen-bond donors (Lipinski definition) is 1. The number of allylic oxidation sites excluding steroid dienone is 2. The van der Waals surface area contributed by atoms with Crippen molar-refractivity contribution in [3.8, 4) is 5.75 Å². The van der Waals surface area contributed by atoms with Crippen LogP contribution in [0.4, 0.5) is 5.69 Å². The fourth-order valence-electron chi connectivity index (χ4n) is 8.40. The first-order valence-electron chi connectivity index (χ1n) is 14.7. The second-order valence-electron chi connectivity index (χ2n) is 13.4. The first kappa shape index (κ1) is 26.6. The highest BCUT2D eigenvalue weighted by molar-refractivity contribution is 6.24. The van der Waals surface area contributed by atoms with Gasteiger partial charge in [-0.2, -0.15) is 0 Å². The van der Waals surface area contributed by atoms with Crippen LogP contribution in [0.25, 0.3) is 10.8 Å². The van der Waals surface area contributed by atoms with E-state index in [0.717, 1.165) is 16.5 Å². The Morgan fingerprint density at radius 3 is 2.17 bits per heavy atom. The molecule has 4 aliphatic rings. The summed E-state index contributed by atoms with van der Waals surface area (Å²) in [5, 5.41) is 12.2. The Labute approximate surface area is 244 Å². The minimum Gasteiger partial charge on any atom is -0.507 e. The lowest BCUT2D eigenvalue weighted by molar-refractivity contribution is -0.145. The molecule has 0 spiro atoms. The zero-order valence-electron chi connectivity index (χ0n) is 24.2. The van der Waals surface area contributed by atoms with E-state index in [9.17, 15) is 24.3 Å². The molecule has 7 nitrogen and oxygen atoms in total. The highest BCUT2D eigenvalue weighted by Gasteiger charge is 2.68. The van der Waals surface area contributed by atoms with Crippen LogP contribution in [0.3, 0.4) is 0 Å². The van der Waals surface area contributed by atoms with Crippen molar-refractivity contribution in [2.24, 2.45) is 29.1 Å². The second-order valence-corrected chi connectivity index (χ2v) is 13.4. The number of carbonyl (C=O) groups is 4. The number of carbonyl (C=O) groups excluding carboxylic acids is 4. The normalized spacial score (nSPS) is 30.9. The number of aromatic hydroxyl groups is 1.